The van der Waals surface area contributed by atoms with Crippen LogP contribution in [-0.2, 0) is 6.54 Å². The Labute approximate surface area is 81.4 Å². The SMILES string of the molecule is N#Cc1cnnn1Cc1ccccc1. The number of hydrogen-bond donors (Lipinski definition) is 0. The van der Waals surface area contributed by atoms with Crippen LogP contribution in [0.1, 0.15) is 11.3 Å². The van der Waals surface area contributed by atoms with Crippen LogP contribution >= 0.6 is 0 Å². The predicted octanol–water partition coefficient (Wildman–Crippen LogP) is 1.20. The van der Waals surface area contributed by atoms with E-state index in [4.69, 9.17) is 5.26 Å². The fraction of sp³-hybridized carbons (Fsp3) is 0.100. The monoisotopic (exact) mass is 184 g/mol. The first-order valence-electron chi connectivity index (χ1n) is 4.22. The van der Waals surface area contributed by atoms with Crippen molar-refractivity contribution < 1.29 is 0 Å². The summed E-state index contributed by atoms with van der Waals surface area (Å²) in [6.07, 6.45) is 1.46. The average molecular weight is 184 g/mol. The van der Waals surface area contributed by atoms with Gasteiger partial charge in [0, 0.05) is 0 Å². The molecule has 4 nitrogen and oxygen atoms in total. The third kappa shape index (κ3) is 1.62. The molecule has 0 amide bonds. The van der Waals surface area contributed by atoms with E-state index in [0.717, 1.165) is 5.56 Å². The molecule has 0 fully saturated rings. The van der Waals surface area contributed by atoms with Gasteiger partial charge in [0.1, 0.15) is 6.07 Å². The maximum atomic E-state index is 8.73. The van der Waals surface area contributed by atoms with Gasteiger partial charge < -0.3 is 0 Å². The molecule has 1 heterocycles. The van der Waals surface area contributed by atoms with Gasteiger partial charge in [-0.05, 0) is 5.56 Å². The molecule has 0 bridgehead atoms. The van der Waals surface area contributed by atoms with Gasteiger partial charge in [0.2, 0.25) is 0 Å². The van der Waals surface area contributed by atoms with Gasteiger partial charge in [-0.15, -0.1) is 5.10 Å². The van der Waals surface area contributed by atoms with E-state index in [0.29, 0.717) is 12.2 Å². The third-order valence-electron chi connectivity index (χ3n) is 1.91. The lowest BCUT2D eigenvalue weighted by Gasteiger charge is -2.00. The highest BCUT2D eigenvalue weighted by atomic mass is 15.4. The Balaban J connectivity index is 2.24. The molecule has 0 radical (unpaired) electrons. The van der Waals surface area contributed by atoms with Gasteiger partial charge in [0.25, 0.3) is 0 Å². The van der Waals surface area contributed by atoms with Crippen molar-refractivity contribution in [2.45, 2.75) is 6.54 Å². The van der Waals surface area contributed by atoms with E-state index in [-0.39, 0.29) is 0 Å². The first-order chi connectivity index (χ1) is 6.90. The minimum atomic E-state index is 0.480. The van der Waals surface area contributed by atoms with Crippen molar-refractivity contribution in [1.82, 2.24) is 15.0 Å². The Morgan fingerprint density at radius 1 is 1.29 bits per heavy atom. The molecule has 0 spiro atoms. The molecule has 68 valence electrons. The van der Waals surface area contributed by atoms with Crippen LogP contribution in [0.5, 0.6) is 0 Å². The zero-order valence-corrected chi connectivity index (χ0v) is 7.46. The Bertz CT molecular complexity index is 452. The van der Waals surface area contributed by atoms with Crippen molar-refractivity contribution in [3.8, 4) is 6.07 Å². The highest BCUT2D eigenvalue weighted by Crippen LogP contribution is 2.02. The largest absolute Gasteiger partial charge is 0.230 e. The Hall–Kier alpha value is -2.15. The molecule has 0 aliphatic rings. The number of rotatable bonds is 2. The average Bonchev–Trinajstić information content (AvgIpc) is 2.67. The van der Waals surface area contributed by atoms with Crippen LogP contribution in [0.15, 0.2) is 36.5 Å². The van der Waals surface area contributed by atoms with E-state index >= 15 is 0 Å². The molecule has 0 unspecified atom stereocenters. The molecule has 2 aromatic rings. The van der Waals surface area contributed by atoms with E-state index in [1.54, 1.807) is 4.68 Å². The van der Waals surface area contributed by atoms with Gasteiger partial charge >= 0.3 is 0 Å². The van der Waals surface area contributed by atoms with Gasteiger partial charge in [-0.25, -0.2) is 4.68 Å². The predicted molar refractivity (Wildman–Crippen MR) is 50.3 cm³/mol. The van der Waals surface area contributed by atoms with Crippen molar-refractivity contribution in [3.63, 3.8) is 0 Å². The fourth-order valence-corrected chi connectivity index (χ4v) is 1.22. The highest BCUT2D eigenvalue weighted by Gasteiger charge is 2.02. The van der Waals surface area contributed by atoms with Crippen molar-refractivity contribution in [2.24, 2.45) is 0 Å². The molecule has 1 aromatic heterocycles. The molecule has 0 atom stereocenters. The van der Waals surface area contributed by atoms with Crippen LogP contribution < -0.4 is 0 Å². The van der Waals surface area contributed by atoms with Gasteiger partial charge in [0.05, 0.1) is 12.7 Å². The minimum absolute atomic E-state index is 0.480. The second kappa shape index (κ2) is 3.71. The van der Waals surface area contributed by atoms with E-state index in [1.807, 2.05) is 36.4 Å². The maximum Gasteiger partial charge on any atom is 0.159 e. The third-order valence-corrected chi connectivity index (χ3v) is 1.91. The first-order valence-corrected chi connectivity index (χ1v) is 4.22. The molecule has 4 heteroatoms. The van der Waals surface area contributed by atoms with Gasteiger partial charge in [0.15, 0.2) is 5.69 Å². The summed E-state index contributed by atoms with van der Waals surface area (Å²) >= 11 is 0. The summed E-state index contributed by atoms with van der Waals surface area (Å²) < 4.78 is 1.58. The number of benzene rings is 1. The molecular formula is C10H8N4. The molecule has 1 aromatic carbocycles. The summed E-state index contributed by atoms with van der Waals surface area (Å²) in [7, 11) is 0. The van der Waals surface area contributed by atoms with E-state index in [1.165, 1.54) is 6.20 Å². The molecule has 0 aliphatic carbocycles. The van der Waals surface area contributed by atoms with E-state index < -0.39 is 0 Å². The quantitative estimate of drug-likeness (QED) is 0.704. The summed E-state index contributed by atoms with van der Waals surface area (Å²) in [5, 5.41) is 16.2. The van der Waals surface area contributed by atoms with Crippen LogP contribution in [-0.4, -0.2) is 15.0 Å². The summed E-state index contributed by atoms with van der Waals surface area (Å²) in [6, 6.07) is 11.9. The molecule has 2 rings (SSSR count). The summed E-state index contributed by atoms with van der Waals surface area (Å²) in [5.41, 5.74) is 1.59. The molecule has 14 heavy (non-hydrogen) atoms. The fourth-order valence-electron chi connectivity index (χ4n) is 1.22. The van der Waals surface area contributed by atoms with Gasteiger partial charge in [-0.2, -0.15) is 5.26 Å². The number of nitriles is 1. The minimum Gasteiger partial charge on any atom is -0.230 e. The van der Waals surface area contributed by atoms with Crippen LogP contribution in [0.2, 0.25) is 0 Å². The molecule has 0 aliphatic heterocycles. The van der Waals surface area contributed by atoms with Crippen LogP contribution in [0.4, 0.5) is 0 Å². The lowest BCUT2D eigenvalue weighted by molar-refractivity contribution is 0.643. The normalized spacial score (nSPS) is 9.64. The van der Waals surface area contributed by atoms with Crippen molar-refractivity contribution in [2.75, 3.05) is 0 Å². The van der Waals surface area contributed by atoms with Crippen molar-refractivity contribution in [3.05, 3.63) is 47.8 Å². The molecule has 0 saturated heterocycles. The Morgan fingerprint density at radius 3 is 2.79 bits per heavy atom. The molecule has 0 saturated carbocycles. The number of hydrogen-bond acceptors (Lipinski definition) is 3. The summed E-state index contributed by atoms with van der Waals surface area (Å²) in [6.45, 7) is 0.587. The van der Waals surface area contributed by atoms with Gasteiger partial charge in [-0.1, -0.05) is 35.5 Å². The maximum absolute atomic E-state index is 8.73. The number of nitrogens with zero attached hydrogens (tertiary/aromatic N) is 4. The standard InChI is InChI=1S/C10H8N4/c11-6-10-7-12-13-14(10)8-9-4-2-1-3-5-9/h1-5,7H,8H2. The zero-order valence-electron chi connectivity index (χ0n) is 7.46. The van der Waals surface area contributed by atoms with Crippen LogP contribution in [0.25, 0.3) is 0 Å². The molecular weight excluding hydrogens is 176 g/mol. The second-order valence-electron chi connectivity index (χ2n) is 2.87. The van der Waals surface area contributed by atoms with Crippen molar-refractivity contribution >= 4 is 0 Å². The van der Waals surface area contributed by atoms with Gasteiger partial charge in [-0.3, -0.25) is 0 Å². The molecule has 0 N–H and O–H groups in total. The van der Waals surface area contributed by atoms with Crippen molar-refractivity contribution in [1.29, 1.82) is 5.26 Å². The van der Waals surface area contributed by atoms with Crippen LogP contribution in [0.3, 0.4) is 0 Å². The Kier molecular flexibility index (Phi) is 2.24. The smallest absolute Gasteiger partial charge is 0.159 e. The lowest BCUT2D eigenvalue weighted by atomic mass is 10.2. The topological polar surface area (TPSA) is 54.5 Å². The lowest BCUT2D eigenvalue weighted by Crippen LogP contribution is -2.04. The first kappa shape index (κ1) is 8.45. The summed E-state index contributed by atoms with van der Waals surface area (Å²) in [5.74, 6) is 0. The Morgan fingerprint density at radius 2 is 2.07 bits per heavy atom. The second-order valence-corrected chi connectivity index (χ2v) is 2.87. The zero-order chi connectivity index (χ0) is 9.80. The van der Waals surface area contributed by atoms with E-state index in [9.17, 15) is 0 Å². The van der Waals surface area contributed by atoms with E-state index in [2.05, 4.69) is 10.3 Å². The number of aromatic nitrogens is 3. The van der Waals surface area contributed by atoms with Crippen LogP contribution in [0, 0.1) is 11.3 Å². The summed E-state index contributed by atoms with van der Waals surface area (Å²) in [4.78, 5) is 0. The highest BCUT2D eigenvalue weighted by molar-refractivity contribution is 5.19.